The maximum Gasteiger partial charge on any atom is 0.219 e. The molecule has 0 N–H and O–H groups in total. The number of rotatable bonds is 3. The second-order valence-corrected chi connectivity index (χ2v) is 4.83. The van der Waals surface area contributed by atoms with E-state index in [1.54, 1.807) is 23.2 Å². The van der Waals surface area contributed by atoms with Crippen LogP contribution < -0.4 is 0 Å². The van der Waals surface area contributed by atoms with Gasteiger partial charge in [-0.2, -0.15) is 0 Å². The van der Waals surface area contributed by atoms with E-state index in [4.69, 9.17) is 0 Å². The number of amides is 1. The molecule has 2 nitrogen and oxygen atoms in total. The minimum atomic E-state index is 0.113. The molecule has 0 aliphatic carbocycles. The Bertz CT molecular complexity index is 317. The molecule has 0 aromatic carbocycles. The standard InChI is InChI=1S/C11H17NOS/c1-8(2)11-5-10(7-14-11)6-12(4)9(3)13/h5,7-8H,6H2,1-4H3. The maximum absolute atomic E-state index is 11.0. The quantitative estimate of drug-likeness (QED) is 0.753. The maximum atomic E-state index is 11.0. The number of hydrogen-bond donors (Lipinski definition) is 0. The van der Waals surface area contributed by atoms with Crippen LogP contribution >= 0.6 is 11.3 Å². The summed E-state index contributed by atoms with van der Waals surface area (Å²) >= 11 is 1.77. The molecule has 0 saturated carbocycles. The predicted molar refractivity (Wildman–Crippen MR) is 60.6 cm³/mol. The molecule has 1 rings (SSSR count). The lowest BCUT2D eigenvalue weighted by atomic mass is 10.1. The van der Waals surface area contributed by atoms with Crippen molar-refractivity contribution in [1.82, 2.24) is 4.90 Å². The normalized spacial score (nSPS) is 10.6. The van der Waals surface area contributed by atoms with Crippen molar-refractivity contribution in [2.75, 3.05) is 7.05 Å². The summed E-state index contributed by atoms with van der Waals surface area (Å²) in [6.07, 6.45) is 0. The van der Waals surface area contributed by atoms with Gasteiger partial charge in [0.15, 0.2) is 0 Å². The van der Waals surface area contributed by atoms with E-state index in [9.17, 15) is 4.79 Å². The summed E-state index contributed by atoms with van der Waals surface area (Å²) in [5.41, 5.74) is 1.23. The lowest BCUT2D eigenvalue weighted by Crippen LogP contribution is -2.22. The van der Waals surface area contributed by atoms with E-state index in [0.717, 1.165) is 6.54 Å². The molecule has 0 fully saturated rings. The van der Waals surface area contributed by atoms with Crippen molar-refractivity contribution >= 4 is 17.2 Å². The van der Waals surface area contributed by atoms with Crippen LogP contribution in [0, 0.1) is 0 Å². The molecule has 1 amide bonds. The second kappa shape index (κ2) is 4.60. The van der Waals surface area contributed by atoms with Crippen molar-refractivity contribution in [1.29, 1.82) is 0 Å². The summed E-state index contributed by atoms with van der Waals surface area (Å²) in [7, 11) is 1.83. The van der Waals surface area contributed by atoms with Crippen LogP contribution in [-0.4, -0.2) is 17.9 Å². The van der Waals surface area contributed by atoms with Gasteiger partial charge in [-0.15, -0.1) is 11.3 Å². The molecule has 0 atom stereocenters. The Morgan fingerprint density at radius 3 is 2.64 bits per heavy atom. The molecule has 78 valence electrons. The van der Waals surface area contributed by atoms with Gasteiger partial charge >= 0.3 is 0 Å². The third-order valence-electron chi connectivity index (χ3n) is 2.20. The Balaban J connectivity index is 2.64. The molecular formula is C11H17NOS. The van der Waals surface area contributed by atoms with Gasteiger partial charge in [0, 0.05) is 25.4 Å². The zero-order chi connectivity index (χ0) is 10.7. The number of thiophene rings is 1. The Morgan fingerprint density at radius 2 is 2.21 bits per heavy atom. The van der Waals surface area contributed by atoms with Gasteiger partial charge in [-0.1, -0.05) is 13.8 Å². The second-order valence-electron chi connectivity index (χ2n) is 3.89. The van der Waals surface area contributed by atoms with Gasteiger partial charge in [-0.25, -0.2) is 0 Å². The van der Waals surface area contributed by atoms with Crippen molar-refractivity contribution < 1.29 is 4.79 Å². The summed E-state index contributed by atoms with van der Waals surface area (Å²) in [6, 6.07) is 2.19. The summed E-state index contributed by atoms with van der Waals surface area (Å²) in [5.74, 6) is 0.693. The summed E-state index contributed by atoms with van der Waals surface area (Å²) in [4.78, 5) is 14.1. The third-order valence-corrected chi connectivity index (χ3v) is 3.48. The van der Waals surface area contributed by atoms with Crippen LogP contribution in [0.4, 0.5) is 0 Å². The molecule has 1 aromatic heterocycles. The van der Waals surface area contributed by atoms with Gasteiger partial charge in [0.05, 0.1) is 0 Å². The Morgan fingerprint density at radius 1 is 1.57 bits per heavy atom. The van der Waals surface area contributed by atoms with Crippen molar-refractivity contribution in [3.8, 4) is 0 Å². The van der Waals surface area contributed by atoms with E-state index in [-0.39, 0.29) is 5.91 Å². The average Bonchev–Trinajstić information content (AvgIpc) is 2.52. The van der Waals surface area contributed by atoms with Crippen LogP contribution in [-0.2, 0) is 11.3 Å². The van der Waals surface area contributed by atoms with E-state index in [1.165, 1.54) is 10.4 Å². The van der Waals surface area contributed by atoms with Crippen LogP contribution in [0.3, 0.4) is 0 Å². The van der Waals surface area contributed by atoms with Crippen LogP contribution in [0.25, 0.3) is 0 Å². The minimum absolute atomic E-state index is 0.113. The predicted octanol–water partition coefficient (Wildman–Crippen LogP) is 2.85. The summed E-state index contributed by atoms with van der Waals surface area (Å²) < 4.78 is 0. The molecule has 0 aliphatic rings. The first-order valence-corrected chi connectivity index (χ1v) is 5.67. The highest BCUT2D eigenvalue weighted by atomic mass is 32.1. The molecule has 1 aromatic rings. The Kier molecular flexibility index (Phi) is 3.69. The highest BCUT2D eigenvalue weighted by Gasteiger charge is 2.07. The highest BCUT2D eigenvalue weighted by Crippen LogP contribution is 2.23. The smallest absolute Gasteiger partial charge is 0.219 e. The summed E-state index contributed by atoms with van der Waals surface area (Å²) in [6.45, 7) is 6.68. The van der Waals surface area contributed by atoms with Crippen molar-refractivity contribution in [3.63, 3.8) is 0 Å². The highest BCUT2D eigenvalue weighted by molar-refractivity contribution is 7.10. The molecule has 0 saturated heterocycles. The molecule has 0 spiro atoms. The van der Waals surface area contributed by atoms with Gasteiger partial charge in [-0.05, 0) is 22.9 Å². The fourth-order valence-corrected chi connectivity index (χ4v) is 2.09. The first-order valence-electron chi connectivity index (χ1n) is 4.79. The van der Waals surface area contributed by atoms with Crippen molar-refractivity contribution in [2.24, 2.45) is 0 Å². The van der Waals surface area contributed by atoms with Crippen LogP contribution in [0.1, 0.15) is 37.1 Å². The Hall–Kier alpha value is -0.830. The third kappa shape index (κ3) is 2.84. The van der Waals surface area contributed by atoms with E-state index in [1.807, 2.05) is 7.05 Å². The van der Waals surface area contributed by atoms with Crippen molar-refractivity contribution in [2.45, 2.75) is 33.2 Å². The largest absolute Gasteiger partial charge is 0.342 e. The van der Waals surface area contributed by atoms with E-state index in [0.29, 0.717) is 5.92 Å². The van der Waals surface area contributed by atoms with Gasteiger partial charge < -0.3 is 4.90 Å². The number of nitrogens with zero attached hydrogens (tertiary/aromatic N) is 1. The number of carbonyl (C=O) groups excluding carboxylic acids is 1. The molecule has 0 unspecified atom stereocenters. The zero-order valence-electron chi connectivity index (χ0n) is 9.20. The number of carbonyl (C=O) groups is 1. The van der Waals surface area contributed by atoms with Gasteiger partial charge in [-0.3, -0.25) is 4.79 Å². The number of hydrogen-bond acceptors (Lipinski definition) is 2. The molecule has 14 heavy (non-hydrogen) atoms. The molecule has 3 heteroatoms. The summed E-state index contributed by atoms with van der Waals surface area (Å²) in [5, 5.41) is 2.13. The van der Waals surface area contributed by atoms with Crippen LogP contribution in [0.5, 0.6) is 0 Å². The van der Waals surface area contributed by atoms with Gasteiger partial charge in [0.2, 0.25) is 5.91 Å². The first kappa shape index (κ1) is 11.2. The van der Waals surface area contributed by atoms with Gasteiger partial charge in [0.25, 0.3) is 0 Å². The lowest BCUT2D eigenvalue weighted by Gasteiger charge is -2.13. The van der Waals surface area contributed by atoms with Crippen LogP contribution in [0.15, 0.2) is 11.4 Å². The van der Waals surface area contributed by atoms with Crippen LogP contribution in [0.2, 0.25) is 0 Å². The molecule has 1 heterocycles. The average molecular weight is 211 g/mol. The fourth-order valence-electron chi connectivity index (χ4n) is 1.17. The van der Waals surface area contributed by atoms with E-state index in [2.05, 4.69) is 25.3 Å². The molecule has 0 radical (unpaired) electrons. The Labute approximate surface area is 89.5 Å². The monoisotopic (exact) mass is 211 g/mol. The first-order chi connectivity index (χ1) is 6.50. The van der Waals surface area contributed by atoms with E-state index >= 15 is 0 Å². The SMILES string of the molecule is CC(=O)N(C)Cc1csc(C(C)C)c1. The fraction of sp³-hybridized carbons (Fsp3) is 0.545. The van der Waals surface area contributed by atoms with Gasteiger partial charge in [0.1, 0.15) is 0 Å². The topological polar surface area (TPSA) is 20.3 Å². The molecule has 0 aliphatic heterocycles. The zero-order valence-corrected chi connectivity index (χ0v) is 10.0. The molecular weight excluding hydrogens is 194 g/mol. The lowest BCUT2D eigenvalue weighted by molar-refractivity contribution is -0.128. The minimum Gasteiger partial charge on any atom is -0.342 e. The van der Waals surface area contributed by atoms with E-state index < -0.39 is 0 Å². The molecule has 0 bridgehead atoms. The van der Waals surface area contributed by atoms with Crippen molar-refractivity contribution in [3.05, 3.63) is 21.9 Å².